The van der Waals surface area contributed by atoms with Gasteiger partial charge in [0.05, 0.1) is 16.8 Å². The first-order chi connectivity index (χ1) is 8.33. The highest BCUT2D eigenvalue weighted by atomic mass is 16.5. The van der Waals surface area contributed by atoms with Gasteiger partial charge in [0.25, 0.3) is 0 Å². The fourth-order valence-electron chi connectivity index (χ4n) is 2.67. The molecule has 4 heteroatoms. The Labute approximate surface area is 108 Å². The molecule has 4 nitrogen and oxygen atoms in total. The number of hydrogen-bond acceptors (Lipinski definition) is 4. The Morgan fingerprint density at radius 3 is 2.44 bits per heavy atom. The van der Waals surface area contributed by atoms with E-state index >= 15 is 0 Å². The molecular weight excluding hydrogens is 226 g/mol. The molecule has 1 saturated heterocycles. The molecule has 1 aliphatic heterocycles. The summed E-state index contributed by atoms with van der Waals surface area (Å²) in [6, 6.07) is 5.80. The first-order valence-electron chi connectivity index (χ1n) is 6.13. The summed E-state index contributed by atoms with van der Waals surface area (Å²) in [5, 5.41) is 9.16. The molecule has 1 aliphatic rings. The summed E-state index contributed by atoms with van der Waals surface area (Å²) in [6.07, 6.45) is 1.73. The number of morpholine rings is 1. The maximum Gasteiger partial charge on any atom is 0.146 e. The number of aromatic nitrogens is 1. The molecular formula is C14H19N3O. The highest BCUT2D eigenvalue weighted by Crippen LogP contribution is 2.31. The van der Waals surface area contributed by atoms with Crippen molar-refractivity contribution in [2.45, 2.75) is 38.9 Å². The lowest BCUT2D eigenvalue weighted by Gasteiger charge is -2.47. The fourth-order valence-corrected chi connectivity index (χ4v) is 2.67. The molecule has 0 saturated carbocycles. The largest absolute Gasteiger partial charge is 0.366 e. The van der Waals surface area contributed by atoms with Crippen molar-refractivity contribution in [3.8, 4) is 6.07 Å². The van der Waals surface area contributed by atoms with Crippen molar-refractivity contribution in [2.75, 3.05) is 18.0 Å². The molecule has 0 N–H and O–H groups in total. The van der Waals surface area contributed by atoms with Gasteiger partial charge in [-0.15, -0.1) is 0 Å². The molecule has 0 atom stereocenters. The summed E-state index contributed by atoms with van der Waals surface area (Å²) in [5.41, 5.74) is 0.129. The monoisotopic (exact) mass is 245 g/mol. The number of nitriles is 1. The molecule has 0 bridgehead atoms. The van der Waals surface area contributed by atoms with Crippen molar-refractivity contribution < 1.29 is 4.74 Å². The zero-order valence-corrected chi connectivity index (χ0v) is 11.4. The average Bonchev–Trinajstić information content (AvgIpc) is 2.24. The van der Waals surface area contributed by atoms with Gasteiger partial charge in [-0.05, 0) is 39.8 Å². The molecule has 0 aromatic carbocycles. The van der Waals surface area contributed by atoms with E-state index in [2.05, 4.69) is 43.6 Å². The van der Waals surface area contributed by atoms with Crippen LogP contribution in [0.3, 0.4) is 0 Å². The van der Waals surface area contributed by atoms with Crippen molar-refractivity contribution in [1.82, 2.24) is 4.98 Å². The quantitative estimate of drug-likeness (QED) is 0.762. The van der Waals surface area contributed by atoms with E-state index < -0.39 is 0 Å². The topological polar surface area (TPSA) is 49.2 Å². The van der Waals surface area contributed by atoms with Gasteiger partial charge >= 0.3 is 0 Å². The summed E-state index contributed by atoms with van der Waals surface area (Å²) in [5.74, 6) is 0.754. The van der Waals surface area contributed by atoms with E-state index in [1.807, 2.05) is 0 Å². The van der Waals surface area contributed by atoms with Gasteiger partial charge in [-0.3, -0.25) is 0 Å². The normalized spacial score (nSPS) is 21.4. The number of anilines is 1. The van der Waals surface area contributed by atoms with E-state index in [0.717, 1.165) is 18.9 Å². The highest BCUT2D eigenvalue weighted by molar-refractivity contribution is 5.54. The van der Waals surface area contributed by atoms with Crippen LogP contribution in [0.15, 0.2) is 18.3 Å². The summed E-state index contributed by atoms with van der Waals surface area (Å²) in [6.45, 7) is 9.74. The van der Waals surface area contributed by atoms with E-state index in [1.165, 1.54) is 0 Å². The van der Waals surface area contributed by atoms with Gasteiger partial charge in [0.2, 0.25) is 0 Å². The van der Waals surface area contributed by atoms with Gasteiger partial charge in [0, 0.05) is 19.3 Å². The Morgan fingerprint density at radius 1 is 1.28 bits per heavy atom. The van der Waals surface area contributed by atoms with Gasteiger partial charge in [-0.25, -0.2) is 4.98 Å². The third kappa shape index (κ3) is 2.62. The minimum Gasteiger partial charge on any atom is -0.366 e. The molecule has 1 aromatic heterocycles. The van der Waals surface area contributed by atoms with E-state index in [0.29, 0.717) is 5.56 Å². The predicted octanol–water partition coefficient (Wildman–Crippen LogP) is 2.35. The Bertz CT molecular complexity index is 472. The molecule has 18 heavy (non-hydrogen) atoms. The molecule has 96 valence electrons. The van der Waals surface area contributed by atoms with Crippen LogP contribution in [0.5, 0.6) is 0 Å². The third-order valence-corrected chi connectivity index (χ3v) is 2.90. The number of nitrogens with zero attached hydrogens (tertiary/aromatic N) is 3. The van der Waals surface area contributed by atoms with Crippen LogP contribution in [0, 0.1) is 11.3 Å². The van der Waals surface area contributed by atoms with Crippen LogP contribution in [0.25, 0.3) is 0 Å². The SMILES string of the molecule is CC1(C)CN(c2ncccc2C#N)CC(C)(C)O1. The van der Waals surface area contributed by atoms with Crippen molar-refractivity contribution in [1.29, 1.82) is 5.26 Å². The number of pyridine rings is 1. The van der Waals surface area contributed by atoms with Gasteiger partial charge < -0.3 is 9.64 Å². The number of rotatable bonds is 1. The Hall–Kier alpha value is -1.60. The second-order valence-electron chi connectivity index (χ2n) is 5.96. The van der Waals surface area contributed by atoms with Gasteiger partial charge in [0.15, 0.2) is 0 Å². The molecule has 2 rings (SSSR count). The van der Waals surface area contributed by atoms with Crippen molar-refractivity contribution >= 4 is 5.82 Å². The fraction of sp³-hybridized carbons (Fsp3) is 0.571. The summed E-state index contributed by atoms with van der Waals surface area (Å²) in [4.78, 5) is 6.49. The zero-order valence-electron chi connectivity index (χ0n) is 11.4. The van der Waals surface area contributed by atoms with E-state index in [-0.39, 0.29) is 11.2 Å². The second-order valence-corrected chi connectivity index (χ2v) is 5.96. The minimum atomic E-state index is -0.244. The third-order valence-electron chi connectivity index (χ3n) is 2.90. The summed E-state index contributed by atoms with van der Waals surface area (Å²) in [7, 11) is 0. The minimum absolute atomic E-state index is 0.244. The molecule has 0 amide bonds. The molecule has 2 heterocycles. The highest BCUT2D eigenvalue weighted by Gasteiger charge is 2.39. The lowest BCUT2D eigenvalue weighted by Crippen LogP contribution is -2.57. The standard InChI is InChI=1S/C14H19N3O/c1-13(2)9-17(10-14(3,4)18-13)12-11(8-15)6-5-7-16-12/h5-7H,9-10H2,1-4H3. The maximum absolute atomic E-state index is 9.16. The first kappa shape index (κ1) is 12.8. The lowest BCUT2D eigenvalue weighted by atomic mass is 9.98. The van der Waals surface area contributed by atoms with E-state index in [9.17, 15) is 0 Å². The Balaban J connectivity index is 2.36. The van der Waals surface area contributed by atoms with Gasteiger partial charge in [0.1, 0.15) is 11.9 Å². The van der Waals surface area contributed by atoms with Crippen LogP contribution < -0.4 is 4.90 Å². The smallest absolute Gasteiger partial charge is 0.146 e. The van der Waals surface area contributed by atoms with E-state index in [1.54, 1.807) is 18.3 Å². The van der Waals surface area contributed by atoms with Crippen molar-refractivity contribution in [3.05, 3.63) is 23.9 Å². The average molecular weight is 245 g/mol. The van der Waals surface area contributed by atoms with E-state index in [4.69, 9.17) is 10.00 Å². The number of ether oxygens (including phenoxy) is 1. The lowest BCUT2D eigenvalue weighted by molar-refractivity contribution is -0.133. The number of hydrogen-bond donors (Lipinski definition) is 0. The Kier molecular flexibility index (Phi) is 3.04. The van der Waals surface area contributed by atoms with Crippen molar-refractivity contribution in [2.24, 2.45) is 0 Å². The van der Waals surface area contributed by atoms with Crippen LogP contribution in [-0.2, 0) is 4.74 Å². The summed E-state index contributed by atoms with van der Waals surface area (Å²) >= 11 is 0. The van der Waals surface area contributed by atoms with Crippen LogP contribution >= 0.6 is 0 Å². The van der Waals surface area contributed by atoms with Gasteiger partial charge in [-0.2, -0.15) is 5.26 Å². The molecule has 0 unspecified atom stereocenters. The molecule has 1 aromatic rings. The predicted molar refractivity (Wildman–Crippen MR) is 70.4 cm³/mol. The second kappa shape index (κ2) is 4.25. The van der Waals surface area contributed by atoms with Crippen molar-refractivity contribution in [3.63, 3.8) is 0 Å². The first-order valence-corrected chi connectivity index (χ1v) is 6.13. The molecule has 0 radical (unpaired) electrons. The molecule has 0 aliphatic carbocycles. The Morgan fingerprint density at radius 2 is 1.89 bits per heavy atom. The van der Waals surface area contributed by atoms with Crippen LogP contribution in [0.2, 0.25) is 0 Å². The molecule has 1 fully saturated rings. The van der Waals surface area contributed by atoms with Crippen LogP contribution in [0.1, 0.15) is 33.3 Å². The maximum atomic E-state index is 9.16. The van der Waals surface area contributed by atoms with Gasteiger partial charge in [-0.1, -0.05) is 0 Å². The molecule has 0 spiro atoms. The van der Waals surface area contributed by atoms with Crippen LogP contribution in [-0.4, -0.2) is 29.3 Å². The van der Waals surface area contributed by atoms with Crippen LogP contribution in [0.4, 0.5) is 5.82 Å². The zero-order chi connectivity index (χ0) is 13.4. The summed E-state index contributed by atoms with van der Waals surface area (Å²) < 4.78 is 6.03.